The SMILES string of the molecule is CCOC(=O)C1CCC(Sc2ccccc2)C(=O)C1. The van der Waals surface area contributed by atoms with Gasteiger partial charge in [0.2, 0.25) is 0 Å². The van der Waals surface area contributed by atoms with E-state index in [1.54, 1.807) is 18.7 Å². The quantitative estimate of drug-likeness (QED) is 0.794. The zero-order valence-corrected chi connectivity index (χ0v) is 11.8. The van der Waals surface area contributed by atoms with E-state index in [1.807, 2.05) is 30.3 Å². The highest BCUT2D eigenvalue weighted by Crippen LogP contribution is 2.34. The molecule has 1 fully saturated rings. The molecular formula is C15H18O3S. The fraction of sp³-hybridized carbons (Fsp3) is 0.467. The van der Waals surface area contributed by atoms with Crippen LogP contribution in [0.5, 0.6) is 0 Å². The number of rotatable bonds is 4. The van der Waals surface area contributed by atoms with Crippen molar-refractivity contribution in [3.8, 4) is 0 Å². The molecule has 0 bridgehead atoms. The summed E-state index contributed by atoms with van der Waals surface area (Å²) in [5, 5.41) is -0.0203. The van der Waals surface area contributed by atoms with E-state index in [-0.39, 0.29) is 22.9 Å². The molecule has 1 aliphatic rings. The van der Waals surface area contributed by atoms with Gasteiger partial charge in [0.05, 0.1) is 17.8 Å². The maximum absolute atomic E-state index is 12.1. The largest absolute Gasteiger partial charge is 0.466 e. The molecule has 19 heavy (non-hydrogen) atoms. The fourth-order valence-electron chi connectivity index (χ4n) is 2.24. The van der Waals surface area contributed by atoms with Crippen LogP contribution in [0.2, 0.25) is 0 Å². The Morgan fingerprint density at radius 3 is 2.68 bits per heavy atom. The lowest BCUT2D eigenvalue weighted by Crippen LogP contribution is -2.32. The van der Waals surface area contributed by atoms with Gasteiger partial charge < -0.3 is 4.74 Å². The number of Topliss-reactive ketones (excluding diaryl/α,β-unsaturated/α-hetero) is 1. The highest BCUT2D eigenvalue weighted by molar-refractivity contribution is 8.00. The molecule has 0 heterocycles. The Labute approximate surface area is 117 Å². The second kappa shape index (κ2) is 6.75. The Bertz CT molecular complexity index is 444. The van der Waals surface area contributed by atoms with Gasteiger partial charge in [0.15, 0.2) is 0 Å². The van der Waals surface area contributed by atoms with Gasteiger partial charge in [0.25, 0.3) is 0 Å². The average molecular weight is 278 g/mol. The van der Waals surface area contributed by atoms with Crippen molar-refractivity contribution < 1.29 is 14.3 Å². The van der Waals surface area contributed by atoms with Gasteiger partial charge in [0, 0.05) is 11.3 Å². The van der Waals surface area contributed by atoms with Crippen LogP contribution in [0.15, 0.2) is 35.2 Å². The monoisotopic (exact) mass is 278 g/mol. The standard InChI is InChI=1S/C15H18O3S/c1-2-18-15(17)11-8-9-14(13(16)10-11)19-12-6-4-3-5-7-12/h3-7,11,14H,2,8-10H2,1H3. The Hall–Kier alpha value is -1.29. The summed E-state index contributed by atoms with van der Waals surface area (Å²) in [4.78, 5) is 24.8. The molecule has 0 radical (unpaired) electrons. The van der Waals surface area contributed by atoms with Crippen LogP contribution in [0.1, 0.15) is 26.2 Å². The molecule has 1 aromatic rings. The molecule has 1 saturated carbocycles. The van der Waals surface area contributed by atoms with E-state index in [0.29, 0.717) is 13.0 Å². The predicted octanol–water partition coefficient (Wildman–Crippen LogP) is 3.08. The number of thioether (sulfide) groups is 1. The van der Waals surface area contributed by atoms with Crippen molar-refractivity contribution in [3.63, 3.8) is 0 Å². The molecule has 3 nitrogen and oxygen atoms in total. The third-order valence-electron chi connectivity index (χ3n) is 3.23. The van der Waals surface area contributed by atoms with Gasteiger partial charge in [-0.2, -0.15) is 0 Å². The van der Waals surface area contributed by atoms with Crippen molar-refractivity contribution in [2.45, 2.75) is 36.3 Å². The Balaban J connectivity index is 1.90. The van der Waals surface area contributed by atoms with Crippen LogP contribution in [-0.4, -0.2) is 23.6 Å². The first-order valence-electron chi connectivity index (χ1n) is 6.61. The maximum atomic E-state index is 12.1. The van der Waals surface area contributed by atoms with Crippen molar-refractivity contribution in [2.75, 3.05) is 6.61 Å². The first-order chi connectivity index (χ1) is 9.20. The summed E-state index contributed by atoms with van der Waals surface area (Å²) in [6.45, 7) is 2.17. The number of ether oxygens (including phenoxy) is 1. The maximum Gasteiger partial charge on any atom is 0.309 e. The second-order valence-electron chi connectivity index (χ2n) is 4.62. The van der Waals surface area contributed by atoms with Gasteiger partial charge >= 0.3 is 5.97 Å². The Morgan fingerprint density at radius 2 is 2.05 bits per heavy atom. The number of hydrogen-bond donors (Lipinski definition) is 0. The van der Waals surface area contributed by atoms with Gasteiger partial charge in [-0.1, -0.05) is 18.2 Å². The molecule has 0 aliphatic heterocycles. The minimum Gasteiger partial charge on any atom is -0.466 e. The van der Waals surface area contributed by atoms with Crippen molar-refractivity contribution in [2.24, 2.45) is 5.92 Å². The summed E-state index contributed by atoms with van der Waals surface area (Å²) in [5.41, 5.74) is 0. The van der Waals surface area contributed by atoms with E-state index in [4.69, 9.17) is 4.74 Å². The van der Waals surface area contributed by atoms with Gasteiger partial charge in [-0.3, -0.25) is 9.59 Å². The zero-order valence-electron chi connectivity index (χ0n) is 11.0. The summed E-state index contributed by atoms with van der Waals surface area (Å²) < 4.78 is 4.99. The molecular weight excluding hydrogens is 260 g/mol. The molecule has 0 aromatic heterocycles. The number of ketones is 1. The van der Waals surface area contributed by atoms with Crippen LogP contribution < -0.4 is 0 Å². The number of carbonyl (C=O) groups is 2. The predicted molar refractivity (Wildman–Crippen MR) is 75.1 cm³/mol. The highest BCUT2D eigenvalue weighted by Gasteiger charge is 2.33. The smallest absolute Gasteiger partial charge is 0.309 e. The molecule has 1 aromatic carbocycles. The minimum absolute atomic E-state index is 0.0203. The molecule has 102 valence electrons. The molecule has 2 atom stereocenters. The van der Waals surface area contributed by atoms with Crippen LogP contribution in [0.3, 0.4) is 0 Å². The van der Waals surface area contributed by atoms with Crippen molar-refractivity contribution in [3.05, 3.63) is 30.3 Å². The molecule has 4 heteroatoms. The Morgan fingerprint density at radius 1 is 1.32 bits per heavy atom. The van der Waals surface area contributed by atoms with E-state index in [9.17, 15) is 9.59 Å². The van der Waals surface area contributed by atoms with Crippen LogP contribution in [-0.2, 0) is 14.3 Å². The highest BCUT2D eigenvalue weighted by atomic mass is 32.2. The average Bonchev–Trinajstić information content (AvgIpc) is 2.42. The first-order valence-corrected chi connectivity index (χ1v) is 7.49. The summed E-state index contributed by atoms with van der Waals surface area (Å²) in [6.07, 6.45) is 1.82. The van der Waals surface area contributed by atoms with E-state index >= 15 is 0 Å². The molecule has 0 spiro atoms. The second-order valence-corrected chi connectivity index (χ2v) is 5.89. The van der Waals surface area contributed by atoms with Crippen LogP contribution in [0, 0.1) is 5.92 Å². The summed E-state index contributed by atoms with van der Waals surface area (Å²) in [5.74, 6) is -0.294. The lowest BCUT2D eigenvalue weighted by molar-refractivity contribution is -0.150. The van der Waals surface area contributed by atoms with Crippen LogP contribution in [0.25, 0.3) is 0 Å². The molecule has 0 N–H and O–H groups in total. The molecule has 2 rings (SSSR count). The normalized spacial score (nSPS) is 23.1. The van der Waals surface area contributed by atoms with E-state index in [0.717, 1.165) is 17.7 Å². The zero-order chi connectivity index (χ0) is 13.7. The third kappa shape index (κ3) is 3.83. The number of esters is 1. The fourth-order valence-corrected chi connectivity index (χ4v) is 3.36. The minimum atomic E-state index is -0.236. The van der Waals surface area contributed by atoms with Gasteiger partial charge in [0.1, 0.15) is 5.78 Å². The van der Waals surface area contributed by atoms with Gasteiger partial charge in [-0.25, -0.2) is 0 Å². The van der Waals surface area contributed by atoms with Crippen LogP contribution >= 0.6 is 11.8 Å². The van der Waals surface area contributed by atoms with E-state index in [1.165, 1.54) is 0 Å². The van der Waals surface area contributed by atoms with E-state index < -0.39 is 0 Å². The lowest BCUT2D eigenvalue weighted by Gasteiger charge is -2.25. The number of carbonyl (C=O) groups excluding carboxylic acids is 2. The van der Waals surface area contributed by atoms with Gasteiger partial charge in [-0.05, 0) is 31.9 Å². The topological polar surface area (TPSA) is 43.4 Å². The molecule has 0 saturated heterocycles. The summed E-state index contributed by atoms with van der Waals surface area (Å²) >= 11 is 1.60. The third-order valence-corrected chi connectivity index (χ3v) is 4.55. The van der Waals surface area contributed by atoms with E-state index in [2.05, 4.69) is 0 Å². The van der Waals surface area contributed by atoms with Crippen molar-refractivity contribution in [1.29, 1.82) is 0 Å². The summed E-state index contributed by atoms with van der Waals surface area (Å²) in [7, 11) is 0. The van der Waals surface area contributed by atoms with Gasteiger partial charge in [-0.15, -0.1) is 11.8 Å². The molecule has 2 unspecified atom stereocenters. The number of hydrogen-bond acceptors (Lipinski definition) is 4. The van der Waals surface area contributed by atoms with Crippen LogP contribution in [0.4, 0.5) is 0 Å². The first kappa shape index (κ1) is 14.1. The summed E-state index contributed by atoms with van der Waals surface area (Å²) in [6, 6.07) is 9.92. The molecule has 0 amide bonds. The number of benzene rings is 1. The Kier molecular flexibility index (Phi) is 5.02. The lowest BCUT2D eigenvalue weighted by atomic mass is 9.88. The van der Waals surface area contributed by atoms with Crippen molar-refractivity contribution >= 4 is 23.5 Å². The molecule has 1 aliphatic carbocycles. The van der Waals surface area contributed by atoms with Crippen molar-refractivity contribution in [1.82, 2.24) is 0 Å².